The van der Waals surface area contributed by atoms with E-state index in [1.54, 1.807) is 0 Å². The summed E-state index contributed by atoms with van der Waals surface area (Å²) in [5, 5.41) is 4.91. The first-order valence-electron chi connectivity index (χ1n) is 20.9. The van der Waals surface area contributed by atoms with Crippen LogP contribution in [0.2, 0.25) is 0 Å². The minimum absolute atomic E-state index is 0.613. The topological polar surface area (TPSA) is 48.5 Å². The summed E-state index contributed by atoms with van der Waals surface area (Å²) in [6.07, 6.45) is 0. The molecule has 12 aromatic rings. The molecule has 0 saturated carbocycles. The van der Waals surface area contributed by atoms with Gasteiger partial charge < -0.3 is 9.13 Å². The van der Waals surface area contributed by atoms with Crippen LogP contribution < -0.4 is 0 Å². The maximum atomic E-state index is 5.20. The molecule has 0 aliphatic rings. The summed E-state index contributed by atoms with van der Waals surface area (Å²) >= 11 is 0. The van der Waals surface area contributed by atoms with E-state index in [1.807, 2.05) is 18.2 Å². The van der Waals surface area contributed by atoms with Gasteiger partial charge in [-0.2, -0.15) is 0 Å². The van der Waals surface area contributed by atoms with Crippen molar-refractivity contribution in [3.63, 3.8) is 0 Å². The first kappa shape index (κ1) is 35.5. The molecule has 5 heteroatoms. The van der Waals surface area contributed by atoms with Crippen LogP contribution in [-0.2, 0) is 0 Å². The minimum atomic E-state index is 0.613. The lowest BCUT2D eigenvalue weighted by molar-refractivity contribution is 1.07. The van der Waals surface area contributed by atoms with Crippen LogP contribution in [0.5, 0.6) is 0 Å². The van der Waals surface area contributed by atoms with Crippen molar-refractivity contribution >= 4 is 43.6 Å². The average Bonchev–Trinajstić information content (AvgIpc) is 3.87. The zero-order chi connectivity index (χ0) is 41.0. The van der Waals surface area contributed by atoms with E-state index in [-0.39, 0.29) is 0 Å². The molecule has 0 aliphatic heterocycles. The Hall–Kier alpha value is -8.41. The molecular formula is C57H37N5. The van der Waals surface area contributed by atoms with E-state index < -0.39 is 0 Å². The fourth-order valence-electron chi connectivity index (χ4n) is 9.11. The first-order chi connectivity index (χ1) is 30.7. The van der Waals surface area contributed by atoms with Gasteiger partial charge in [0.05, 0.1) is 22.1 Å². The SMILES string of the molecule is c1ccc(-c2cccc(-c3nc(-c4ccc(-n5c6ccccc6c6cc(-n7c8ccccc8c8ccccc87)ccc65)cc4)nc(-c4ccccc4-c4ccccc4)n3)c2)cc1. The molecule has 0 saturated heterocycles. The lowest BCUT2D eigenvalue weighted by atomic mass is 9.99. The number of fused-ring (bicyclic) bond motifs is 6. The largest absolute Gasteiger partial charge is 0.309 e. The van der Waals surface area contributed by atoms with Crippen molar-refractivity contribution in [1.29, 1.82) is 0 Å². The minimum Gasteiger partial charge on any atom is -0.309 e. The smallest absolute Gasteiger partial charge is 0.164 e. The maximum Gasteiger partial charge on any atom is 0.164 e. The molecule has 290 valence electrons. The quantitative estimate of drug-likeness (QED) is 0.162. The summed E-state index contributed by atoms with van der Waals surface area (Å²) in [6.45, 7) is 0. The van der Waals surface area contributed by atoms with Gasteiger partial charge in [0.1, 0.15) is 0 Å². The Morgan fingerprint density at radius 2 is 0.694 bits per heavy atom. The second-order valence-electron chi connectivity index (χ2n) is 15.6. The molecule has 0 radical (unpaired) electrons. The molecule has 9 aromatic carbocycles. The highest BCUT2D eigenvalue weighted by atomic mass is 15.0. The highest BCUT2D eigenvalue weighted by Gasteiger charge is 2.19. The van der Waals surface area contributed by atoms with Crippen LogP contribution in [0.25, 0.3) is 111 Å². The molecule has 0 aliphatic carbocycles. The van der Waals surface area contributed by atoms with Gasteiger partial charge in [0.15, 0.2) is 17.5 Å². The van der Waals surface area contributed by atoms with E-state index in [1.165, 1.54) is 32.6 Å². The fourth-order valence-corrected chi connectivity index (χ4v) is 9.11. The average molecular weight is 792 g/mol. The number of aromatic nitrogens is 5. The van der Waals surface area contributed by atoms with Crippen LogP contribution in [0, 0.1) is 0 Å². The summed E-state index contributed by atoms with van der Waals surface area (Å²) in [7, 11) is 0. The van der Waals surface area contributed by atoms with Crippen LogP contribution >= 0.6 is 0 Å². The van der Waals surface area contributed by atoms with Gasteiger partial charge in [-0.05, 0) is 89.0 Å². The van der Waals surface area contributed by atoms with Gasteiger partial charge in [-0.15, -0.1) is 0 Å². The van der Waals surface area contributed by atoms with E-state index in [0.717, 1.165) is 61.4 Å². The number of hydrogen-bond acceptors (Lipinski definition) is 3. The van der Waals surface area contributed by atoms with Crippen LogP contribution in [0.15, 0.2) is 224 Å². The van der Waals surface area contributed by atoms with Crippen molar-refractivity contribution in [2.75, 3.05) is 0 Å². The molecule has 0 bridgehead atoms. The second kappa shape index (κ2) is 14.7. The monoisotopic (exact) mass is 791 g/mol. The Morgan fingerprint density at radius 3 is 1.35 bits per heavy atom. The van der Waals surface area contributed by atoms with Gasteiger partial charge in [-0.1, -0.05) is 158 Å². The molecule has 0 spiro atoms. The van der Waals surface area contributed by atoms with E-state index in [0.29, 0.717) is 17.5 Å². The van der Waals surface area contributed by atoms with Gasteiger partial charge in [0, 0.05) is 49.6 Å². The zero-order valence-corrected chi connectivity index (χ0v) is 33.6. The van der Waals surface area contributed by atoms with E-state index in [9.17, 15) is 0 Å². The Balaban J connectivity index is 0.990. The van der Waals surface area contributed by atoms with Crippen LogP contribution in [0.3, 0.4) is 0 Å². The summed E-state index contributed by atoms with van der Waals surface area (Å²) in [4.78, 5) is 15.6. The van der Waals surface area contributed by atoms with Crippen molar-refractivity contribution in [2.24, 2.45) is 0 Å². The molecule has 3 aromatic heterocycles. The summed E-state index contributed by atoms with van der Waals surface area (Å²) < 4.78 is 4.75. The maximum absolute atomic E-state index is 5.20. The van der Waals surface area contributed by atoms with Crippen molar-refractivity contribution in [1.82, 2.24) is 24.1 Å². The van der Waals surface area contributed by atoms with Gasteiger partial charge in [0.25, 0.3) is 0 Å². The number of benzene rings is 9. The normalized spacial score (nSPS) is 11.5. The fraction of sp³-hybridized carbons (Fsp3) is 0. The third kappa shape index (κ3) is 5.98. The van der Waals surface area contributed by atoms with Crippen LogP contribution in [0.1, 0.15) is 0 Å². The molecule has 3 heterocycles. The van der Waals surface area contributed by atoms with Crippen molar-refractivity contribution < 1.29 is 0 Å². The molecular weight excluding hydrogens is 755 g/mol. The van der Waals surface area contributed by atoms with Crippen LogP contribution in [0.4, 0.5) is 0 Å². The molecule has 0 unspecified atom stereocenters. The second-order valence-corrected chi connectivity index (χ2v) is 15.6. The van der Waals surface area contributed by atoms with Gasteiger partial charge in [-0.25, -0.2) is 15.0 Å². The number of nitrogens with zero attached hydrogens (tertiary/aromatic N) is 5. The lowest BCUT2D eigenvalue weighted by Crippen LogP contribution is -2.01. The third-order valence-corrected chi connectivity index (χ3v) is 12.0. The Labute approximate surface area is 358 Å². The zero-order valence-electron chi connectivity index (χ0n) is 33.6. The number of rotatable bonds is 7. The molecule has 0 N–H and O–H groups in total. The van der Waals surface area contributed by atoms with Gasteiger partial charge in [0.2, 0.25) is 0 Å². The van der Waals surface area contributed by atoms with E-state index >= 15 is 0 Å². The molecule has 0 atom stereocenters. The van der Waals surface area contributed by atoms with Crippen molar-refractivity contribution in [2.45, 2.75) is 0 Å². The summed E-state index contributed by atoms with van der Waals surface area (Å²) in [5.74, 6) is 1.86. The van der Waals surface area contributed by atoms with E-state index in [4.69, 9.17) is 15.0 Å². The first-order valence-corrected chi connectivity index (χ1v) is 20.9. The van der Waals surface area contributed by atoms with Gasteiger partial charge in [-0.3, -0.25) is 0 Å². The molecule has 0 amide bonds. The van der Waals surface area contributed by atoms with E-state index in [2.05, 4.69) is 215 Å². The number of para-hydroxylation sites is 3. The molecule has 5 nitrogen and oxygen atoms in total. The van der Waals surface area contributed by atoms with Crippen molar-refractivity contribution in [3.05, 3.63) is 224 Å². The predicted octanol–water partition coefficient (Wildman–Crippen LogP) is 14.4. The summed E-state index contributed by atoms with van der Waals surface area (Å²) in [6, 6.07) is 79.2. The third-order valence-electron chi connectivity index (χ3n) is 12.0. The Morgan fingerprint density at radius 1 is 0.242 bits per heavy atom. The van der Waals surface area contributed by atoms with Gasteiger partial charge >= 0.3 is 0 Å². The predicted molar refractivity (Wildman–Crippen MR) is 256 cm³/mol. The number of hydrogen-bond donors (Lipinski definition) is 0. The molecule has 0 fully saturated rings. The Kier molecular flexibility index (Phi) is 8.42. The summed E-state index contributed by atoms with van der Waals surface area (Å²) in [5.41, 5.74) is 14.1. The molecule has 62 heavy (non-hydrogen) atoms. The molecule has 12 rings (SSSR count). The van der Waals surface area contributed by atoms with Crippen molar-refractivity contribution in [3.8, 4) is 67.8 Å². The highest BCUT2D eigenvalue weighted by molar-refractivity contribution is 6.12. The highest BCUT2D eigenvalue weighted by Crippen LogP contribution is 2.38. The van der Waals surface area contributed by atoms with Crippen LogP contribution in [-0.4, -0.2) is 24.1 Å². The lowest BCUT2D eigenvalue weighted by Gasteiger charge is -2.13. The Bertz CT molecular complexity index is 3570. The standard InChI is InChI=1S/C57H37N5/c1-3-16-38(17-4-1)41-20-15-21-42(36-41)56-58-55(59-57(60-56)49-26-8-7-22-45(49)39-18-5-2-6-19-39)40-30-32-43(33-31-40)61-53-29-14-11-25-48(53)50-37-44(34-35-54(50)61)62-51-27-12-9-23-46(51)47-24-10-13-28-52(47)62/h1-37H.